The van der Waals surface area contributed by atoms with Crippen LogP contribution in [0.25, 0.3) is 0 Å². The summed E-state index contributed by atoms with van der Waals surface area (Å²) in [5.74, 6) is -1.20. The smallest absolute Gasteiger partial charge is 0.346 e. The molecule has 2 rings (SSSR count). The van der Waals surface area contributed by atoms with Crippen LogP contribution in [-0.4, -0.2) is 29.2 Å². The van der Waals surface area contributed by atoms with Gasteiger partial charge in [-0.25, -0.2) is 4.79 Å². The summed E-state index contributed by atoms with van der Waals surface area (Å²) < 4.78 is 9.87. The van der Waals surface area contributed by atoms with Crippen molar-refractivity contribution in [3.8, 4) is 0 Å². The number of rotatable bonds is 7. The standard InChI is InChI=1S/C18H23N3O4/c1-11(9-10-14-7-5-4-6-8-14)20-17(22)13(3)24-18(23)15-12(2)21-25-16(15)19/h4-8,11,13H,9-10,19H2,1-3H3,(H,20,22)/t11-,13+/m0/s1. The van der Waals surface area contributed by atoms with Gasteiger partial charge in [0.15, 0.2) is 6.10 Å². The summed E-state index contributed by atoms with van der Waals surface area (Å²) in [6.45, 7) is 5.00. The number of nitrogen functional groups attached to an aromatic ring is 1. The minimum atomic E-state index is -0.944. The first-order chi connectivity index (χ1) is 11.9. The van der Waals surface area contributed by atoms with Gasteiger partial charge in [0.25, 0.3) is 5.91 Å². The molecule has 1 amide bonds. The van der Waals surface area contributed by atoms with Crippen molar-refractivity contribution in [2.45, 2.75) is 45.8 Å². The van der Waals surface area contributed by atoms with Gasteiger partial charge in [0.05, 0.1) is 5.69 Å². The summed E-state index contributed by atoms with van der Waals surface area (Å²) >= 11 is 0. The summed E-state index contributed by atoms with van der Waals surface area (Å²) in [4.78, 5) is 24.3. The zero-order chi connectivity index (χ0) is 18.4. The minimum absolute atomic E-state index is 0.0451. The number of carbonyl (C=O) groups excluding carboxylic acids is 2. The average molecular weight is 345 g/mol. The number of carbonyl (C=O) groups is 2. The molecule has 1 aromatic heterocycles. The zero-order valence-corrected chi connectivity index (χ0v) is 14.6. The molecule has 2 atom stereocenters. The van der Waals surface area contributed by atoms with Crippen LogP contribution in [0.1, 0.15) is 41.9 Å². The van der Waals surface area contributed by atoms with E-state index in [1.807, 2.05) is 37.3 Å². The topological polar surface area (TPSA) is 107 Å². The maximum Gasteiger partial charge on any atom is 0.346 e. The maximum absolute atomic E-state index is 12.2. The van der Waals surface area contributed by atoms with Gasteiger partial charge in [0.1, 0.15) is 5.56 Å². The Morgan fingerprint density at radius 2 is 1.96 bits per heavy atom. The van der Waals surface area contributed by atoms with E-state index in [0.29, 0.717) is 5.69 Å². The van der Waals surface area contributed by atoms with Crippen molar-refractivity contribution in [3.05, 3.63) is 47.2 Å². The van der Waals surface area contributed by atoms with Crippen LogP contribution >= 0.6 is 0 Å². The third kappa shape index (κ3) is 5.07. The second-order valence-corrected chi connectivity index (χ2v) is 5.99. The third-order valence-electron chi connectivity index (χ3n) is 3.84. The lowest BCUT2D eigenvalue weighted by Gasteiger charge is -2.18. The van der Waals surface area contributed by atoms with E-state index in [-0.39, 0.29) is 23.4 Å². The van der Waals surface area contributed by atoms with E-state index in [9.17, 15) is 9.59 Å². The van der Waals surface area contributed by atoms with E-state index in [4.69, 9.17) is 15.0 Å². The molecule has 0 aliphatic heterocycles. The molecule has 25 heavy (non-hydrogen) atoms. The second kappa shape index (κ2) is 8.32. The molecule has 3 N–H and O–H groups in total. The Morgan fingerprint density at radius 1 is 1.28 bits per heavy atom. The van der Waals surface area contributed by atoms with Gasteiger partial charge < -0.3 is 20.3 Å². The van der Waals surface area contributed by atoms with Gasteiger partial charge in [0.2, 0.25) is 5.88 Å². The lowest BCUT2D eigenvalue weighted by Crippen LogP contribution is -2.41. The molecular formula is C18H23N3O4. The number of esters is 1. The van der Waals surface area contributed by atoms with E-state index in [1.54, 1.807) is 6.92 Å². The summed E-state index contributed by atoms with van der Waals surface area (Å²) in [7, 11) is 0. The molecule has 0 aliphatic rings. The summed E-state index contributed by atoms with van der Waals surface area (Å²) in [5, 5.41) is 6.43. The highest BCUT2D eigenvalue weighted by Crippen LogP contribution is 2.17. The number of amides is 1. The number of hydrogen-bond acceptors (Lipinski definition) is 6. The maximum atomic E-state index is 12.2. The molecule has 1 heterocycles. The fraction of sp³-hybridized carbons (Fsp3) is 0.389. The van der Waals surface area contributed by atoms with Gasteiger partial charge in [-0.05, 0) is 39.2 Å². The van der Waals surface area contributed by atoms with E-state index in [0.717, 1.165) is 12.8 Å². The molecular weight excluding hydrogens is 322 g/mol. The number of nitrogens with two attached hydrogens (primary N) is 1. The monoisotopic (exact) mass is 345 g/mol. The van der Waals surface area contributed by atoms with Gasteiger partial charge in [0, 0.05) is 6.04 Å². The normalized spacial score (nSPS) is 13.1. The Hall–Kier alpha value is -2.83. The summed E-state index contributed by atoms with van der Waals surface area (Å²) in [5.41, 5.74) is 7.13. The third-order valence-corrected chi connectivity index (χ3v) is 3.84. The second-order valence-electron chi connectivity index (χ2n) is 5.99. The number of benzene rings is 1. The number of anilines is 1. The van der Waals surface area contributed by atoms with Gasteiger partial charge in [-0.2, -0.15) is 0 Å². The molecule has 0 bridgehead atoms. The van der Waals surface area contributed by atoms with Gasteiger partial charge >= 0.3 is 5.97 Å². The molecule has 7 heteroatoms. The number of nitrogens with zero attached hydrogens (tertiary/aromatic N) is 1. The van der Waals surface area contributed by atoms with Crippen LogP contribution in [0.4, 0.5) is 5.88 Å². The van der Waals surface area contributed by atoms with Gasteiger partial charge in [-0.15, -0.1) is 0 Å². The van der Waals surface area contributed by atoms with Crippen LogP contribution in [0.2, 0.25) is 0 Å². The SMILES string of the molecule is Cc1noc(N)c1C(=O)O[C@H](C)C(=O)N[C@@H](C)CCc1ccccc1. The highest BCUT2D eigenvalue weighted by molar-refractivity contribution is 5.96. The quantitative estimate of drug-likeness (QED) is 0.745. The number of nitrogens with one attached hydrogen (secondary N) is 1. The Kier molecular flexibility index (Phi) is 6.16. The first-order valence-electron chi connectivity index (χ1n) is 8.15. The highest BCUT2D eigenvalue weighted by atomic mass is 16.5. The molecule has 0 radical (unpaired) electrons. The van der Waals surface area contributed by atoms with Gasteiger partial charge in [-0.1, -0.05) is 35.5 Å². The van der Waals surface area contributed by atoms with Crippen molar-refractivity contribution in [1.29, 1.82) is 0 Å². The molecule has 0 saturated carbocycles. The number of ether oxygens (including phenoxy) is 1. The first-order valence-corrected chi connectivity index (χ1v) is 8.15. The van der Waals surface area contributed by atoms with Crippen LogP contribution in [0, 0.1) is 6.92 Å². The van der Waals surface area contributed by atoms with Crippen molar-refractivity contribution < 1.29 is 18.8 Å². The fourth-order valence-corrected chi connectivity index (χ4v) is 2.37. The molecule has 7 nitrogen and oxygen atoms in total. The van der Waals surface area contributed by atoms with Crippen molar-refractivity contribution in [3.63, 3.8) is 0 Å². The van der Waals surface area contributed by atoms with Crippen molar-refractivity contribution in [1.82, 2.24) is 10.5 Å². The number of aromatic nitrogens is 1. The average Bonchev–Trinajstić information content (AvgIpc) is 2.92. The lowest BCUT2D eigenvalue weighted by molar-refractivity contribution is -0.129. The predicted octanol–water partition coefficient (Wildman–Crippen LogP) is 2.25. The molecule has 0 spiro atoms. The Bertz CT molecular complexity index is 708. The molecule has 0 saturated heterocycles. The van der Waals surface area contributed by atoms with E-state index < -0.39 is 12.1 Å². The number of hydrogen-bond donors (Lipinski definition) is 2. The Labute approximate surface area is 146 Å². The van der Waals surface area contributed by atoms with E-state index >= 15 is 0 Å². The fourth-order valence-electron chi connectivity index (χ4n) is 2.37. The minimum Gasteiger partial charge on any atom is -0.449 e. The lowest BCUT2D eigenvalue weighted by atomic mass is 10.1. The molecule has 0 fully saturated rings. The molecule has 0 unspecified atom stereocenters. The van der Waals surface area contributed by atoms with Crippen molar-refractivity contribution >= 4 is 17.8 Å². The van der Waals surface area contributed by atoms with Crippen molar-refractivity contribution in [2.75, 3.05) is 5.73 Å². The van der Waals surface area contributed by atoms with Crippen LogP contribution in [0.5, 0.6) is 0 Å². The van der Waals surface area contributed by atoms with Crippen LogP contribution < -0.4 is 11.1 Å². The molecule has 2 aromatic rings. The van der Waals surface area contributed by atoms with Crippen LogP contribution in [0.15, 0.2) is 34.9 Å². The molecule has 0 aliphatic carbocycles. The van der Waals surface area contributed by atoms with E-state index in [1.165, 1.54) is 12.5 Å². The Balaban J connectivity index is 1.82. The van der Waals surface area contributed by atoms with Crippen LogP contribution in [-0.2, 0) is 16.0 Å². The number of aryl methyl sites for hydroxylation is 2. The molecule has 134 valence electrons. The van der Waals surface area contributed by atoms with Gasteiger partial charge in [-0.3, -0.25) is 4.79 Å². The van der Waals surface area contributed by atoms with Crippen molar-refractivity contribution in [2.24, 2.45) is 0 Å². The summed E-state index contributed by atoms with van der Waals surface area (Å²) in [6, 6.07) is 9.98. The predicted molar refractivity (Wildman–Crippen MR) is 92.9 cm³/mol. The van der Waals surface area contributed by atoms with Crippen LogP contribution in [0.3, 0.4) is 0 Å². The highest BCUT2D eigenvalue weighted by Gasteiger charge is 2.25. The Morgan fingerprint density at radius 3 is 2.56 bits per heavy atom. The van der Waals surface area contributed by atoms with E-state index in [2.05, 4.69) is 10.5 Å². The zero-order valence-electron chi connectivity index (χ0n) is 14.6. The molecule has 1 aromatic carbocycles. The first kappa shape index (κ1) is 18.5. The summed E-state index contributed by atoms with van der Waals surface area (Å²) in [6.07, 6.45) is 0.696. The largest absolute Gasteiger partial charge is 0.449 e.